The molecule has 0 saturated heterocycles. The Bertz CT molecular complexity index is 824. The molecule has 0 heterocycles. The lowest BCUT2D eigenvalue weighted by molar-refractivity contribution is 0.403. The lowest BCUT2D eigenvalue weighted by atomic mass is 9.99. The van der Waals surface area contributed by atoms with E-state index in [4.69, 9.17) is 0 Å². The third-order valence-electron chi connectivity index (χ3n) is 4.05. The molecule has 25 heavy (non-hydrogen) atoms. The number of hydrogen-bond acceptors (Lipinski definition) is 2. The van der Waals surface area contributed by atoms with Gasteiger partial charge in [0.15, 0.2) is 11.5 Å². The average Bonchev–Trinajstić information content (AvgIpc) is 2.57. The Labute approximate surface area is 150 Å². The summed E-state index contributed by atoms with van der Waals surface area (Å²) in [6, 6.07) is 13.2. The Kier molecular flexibility index (Phi) is 6.24. The van der Waals surface area contributed by atoms with Crippen molar-refractivity contribution < 1.29 is 10.2 Å². The summed E-state index contributed by atoms with van der Waals surface area (Å²) in [5.74, 6) is 0.207. The predicted molar refractivity (Wildman–Crippen MR) is 107 cm³/mol. The molecule has 2 aromatic carbocycles. The van der Waals surface area contributed by atoms with Gasteiger partial charge in [0.2, 0.25) is 0 Å². The van der Waals surface area contributed by atoms with Crippen LogP contribution in [-0.2, 0) is 0 Å². The van der Waals surface area contributed by atoms with Crippen molar-refractivity contribution in [3.63, 3.8) is 0 Å². The monoisotopic (exact) mass is 334 g/mol. The lowest BCUT2D eigenvalue weighted by Crippen LogP contribution is -1.86. The predicted octanol–water partition coefficient (Wildman–Crippen LogP) is 6.11. The first kappa shape index (κ1) is 18.6. The van der Waals surface area contributed by atoms with Crippen molar-refractivity contribution in [3.8, 4) is 11.5 Å². The molecule has 2 rings (SSSR count). The van der Waals surface area contributed by atoms with Gasteiger partial charge in [-0.25, -0.2) is 0 Å². The van der Waals surface area contributed by atoms with Crippen molar-refractivity contribution in [3.05, 3.63) is 83.5 Å². The highest BCUT2D eigenvalue weighted by atomic mass is 16.3. The van der Waals surface area contributed by atoms with Crippen molar-refractivity contribution in [1.82, 2.24) is 0 Å². The standard InChI is InChI=1S/C23H26O2/c1-16(2)9-11-19(20-13-14-22(24)23(25)15-20)12-10-18(4)21-8-6-5-7-17(21)3/h5-16,24-25H,1-4H3/b11-9+,18-10+,19-12+. The Balaban J connectivity index is 2.44. The summed E-state index contributed by atoms with van der Waals surface area (Å²) in [5, 5.41) is 19.3. The van der Waals surface area contributed by atoms with Crippen LogP contribution in [0.3, 0.4) is 0 Å². The molecule has 0 saturated carbocycles. The molecule has 0 bridgehead atoms. The summed E-state index contributed by atoms with van der Waals surface area (Å²) in [6.45, 7) is 8.44. The van der Waals surface area contributed by atoms with E-state index in [0.717, 1.165) is 11.1 Å². The number of allylic oxidation sites excluding steroid dienone is 6. The van der Waals surface area contributed by atoms with Crippen LogP contribution in [0.2, 0.25) is 0 Å². The fraction of sp³-hybridized carbons (Fsp3) is 0.217. The van der Waals surface area contributed by atoms with Gasteiger partial charge in [0, 0.05) is 0 Å². The maximum absolute atomic E-state index is 9.80. The average molecular weight is 334 g/mol. The second-order valence-corrected chi connectivity index (χ2v) is 6.59. The second kappa shape index (κ2) is 8.39. The van der Waals surface area contributed by atoms with Gasteiger partial charge in [0.05, 0.1) is 0 Å². The summed E-state index contributed by atoms with van der Waals surface area (Å²) in [5.41, 5.74) is 5.49. The summed E-state index contributed by atoms with van der Waals surface area (Å²) in [4.78, 5) is 0. The van der Waals surface area contributed by atoms with Gasteiger partial charge in [-0.1, -0.05) is 68.5 Å². The Morgan fingerprint density at radius 2 is 1.68 bits per heavy atom. The molecule has 0 aliphatic rings. The van der Waals surface area contributed by atoms with Crippen LogP contribution < -0.4 is 0 Å². The molecule has 0 amide bonds. The van der Waals surface area contributed by atoms with Gasteiger partial charge in [0.1, 0.15) is 0 Å². The highest BCUT2D eigenvalue weighted by Crippen LogP contribution is 2.29. The fourth-order valence-electron chi connectivity index (χ4n) is 2.57. The van der Waals surface area contributed by atoms with Crippen molar-refractivity contribution >= 4 is 11.1 Å². The normalized spacial score (nSPS) is 13.0. The minimum atomic E-state index is -0.110. The SMILES string of the molecule is C\C(=C/C=C(\C=C\C(C)C)c1ccc(O)c(O)c1)c1ccccc1C. The Morgan fingerprint density at radius 1 is 0.960 bits per heavy atom. The largest absolute Gasteiger partial charge is 0.504 e. The van der Waals surface area contributed by atoms with Crippen LogP contribution in [0.5, 0.6) is 11.5 Å². The van der Waals surface area contributed by atoms with Crippen LogP contribution in [0.15, 0.2) is 66.8 Å². The number of hydrogen-bond donors (Lipinski definition) is 2. The van der Waals surface area contributed by atoms with E-state index in [0.29, 0.717) is 5.92 Å². The Morgan fingerprint density at radius 3 is 2.32 bits per heavy atom. The smallest absolute Gasteiger partial charge is 0.158 e. The van der Waals surface area contributed by atoms with Gasteiger partial charge in [-0.05, 0) is 59.7 Å². The summed E-state index contributed by atoms with van der Waals surface area (Å²) in [6.07, 6.45) is 8.31. The zero-order valence-electron chi connectivity index (χ0n) is 15.3. The molecule has 0 aliphatic carbocycles. The van der Waals surface area contributed by atoms with E-state index in [2.05, 4.69) is 58.1 Å². The van der Waals surface area contributed by atoms with E-state index in [-0.39, 0.29) is 11.5 Å². The van der Waals surface area contributed by atoms with Crippen LogP contribution in [0.4, 0.5) is 0 Å². The third kappa shape index (κ3) is 5.12. The molecular weight excluding hydrogens is 308 g/mol. The van der Waals surface area contributed by atoms with Gasteiger partial charge in [-0.15, -0.1) is 0 Å². The van der Waals surface area contributed by atoms with Crippen LogP contribution >= 0.6 is 0 Å². The highest BCUT2D eigenvalue weighted by molar-refractivity contribution is 5.79. The van der Waals surface area contributed by atoms with E-state index in [9.17, 15) is 10.2 Å². The molecule has 2 N–H and O–H groups in total. The number of rotatable bonds is 5. The number of aromatic hydroxyl groups is 2. The van der Waals surface area contributed by atoms with Crippen LogP contribution in [0.1, 0.15) is 37.5 Å². The highest BCUT2D eigenvalue weighted by Gasteiger charge is 2.04. The molecule has 0 fully saturated rings. The van der Waals surface area contributed by atoms with E-state index in [1.54, 1.807) is 6.07 Å². The fourth-order valence-corrected chi connectivity index (χ4v) is 2.57. The molecule has 0 aliphatic heterocycles. The number of aryl methyl sites for hydroxylation is 1. The first-order valence-corrected chi connectivity index (χ1v) is 8.53. The molecule has 2 heteroatoms. The zero-order valence-corrected chi connectivity index (χ0v) is 15.3. The first-order valence-electron chi connectivity index (χ1n) is 8.53. The maximum atomic E-state index is 9.80. The maximum Gasteiger partial charge on any atom is 0.158 e. The summed E-state index contributed by atoms with van der Waals surface area (Å²) >= 11 is 0. The van der Waals surface area contributed by atoms with Gasteiger partial charge in [-0.3, -0.25) is 0 Å². The minimum Gasteiger partial charge on any atom is -0.504 e. The first-order chi connectivity index (χ1) is 11.9. The van der Waals surface area contributed by atoms with Gasteiger partial charge in [0.25, 0.3) is 0 Å². The molecule has 0 radical (unpaired) electrons. The molecule has 0 aromatic heterocycles. The van der Waals surface area contributed by atoms with Crippen molar-refractivity contribution in [1.29, 1.82) is 0 Å². The zero-order chi connectivity index (χ0) is 18.4. The van der Waals surface area contributed by atoms with Crippen LogP contribution in [0, 0.1) is 12.8 Å². The summed E-state index contributed by atoms with van der Waals surface area (Å²) in [7, 11) is 0. The third-order valence-corrected chi connectivity index (χ3v) is 4.05. The molecule has 2 aromatic rings. The number of benzene rings is 2. The Hall–Kier alpha value is -2.74. The molecule has 0 unspecified atom stereocenters. The van der Waals surface area contributed by atoms with Crippen molar-refractivity contribution in [2.75, 3.05) is 0 Å². The summed E-state index contributed by atoms with van der Waals surface area (Å²) < 4.78 is 0. The van der Waals surface area contributed by atoms with Crippen molar-refractivity contribution in [2.45, 2.75) is 27.7 Å². The van der Waals surface area contributed by atoms with E-state index in [1.165, 1.54) is 22.8 Å². The molecule has 0 atom stereocenters. The van der Waals surface area contributed by atoms with Crippen LogP contribution in [-0.4, -0.2) is 10.2 Å². The molecule has 0 spiro atoms. The molecule has 130 valence electrons. The topological polar surface area (TPSA) is 40.5 Å². The number of phenols is 2. The van der Waals surface area contributed by atoms with Crippen LogP contribution in [0.25, 0.3) is 11.1 Å². The van der Waals surface area contributed by atoms with E-state index >= 15 is 0 Å². The number of phenolic OH excluding ortho intramolecular Hbond substituents is 2. The lowest BCUT2D eigenvalue weighted by Gasteiger charge is -2.07. The van der Waals surface area contributed by atoms with E-state index in [1.807, 2.05) is 24.3 Å². The van der Waals surface area contributed by atoms with Crippen molar-refractivity contribution in [2.24, 2.45) is 5.92 Å². The van der Waals surface area contributed by atoms with Gasteiger partial charge < -0.3 is 10.2 Å². The minimum absolute atomic E-state index is 0.109. The second-order valence-electron chi connectivity index (χ2n) is 6.59. The van der Waals surface area contributed by atoms with Gasteiger partial charge >= 0.3 is 0 Å². The molecule has 2 nitrogen and oxygen atoms in total. The molecular formula is C23H26O2. The quantitative estimate of drug-likeness (QED) is 0.512. The van der Waals surface area contributed by atoms with E-state index < -0.39 is 0 Å². The van der Waals surface area contributed by atoms with Gasteiger partial charge in [-0.2, -0.15) is 0 Å².